The highest BCUT2D eigenvalue weighted by molar-refractivity contribution is 7.89. The van der Waals surface area contributed by atoms with Gasteiger partial charge in [-0.1, -0.05) is 60.7 Å². The summed E-state index contributed by atoms with van der Waals surface area (Å²) in [4.78, 5) is 14.5. The molecule has 1 aliphatic rings. The highest BCUT2D eigenvalue weighted by atomic mass is 32.2. The number of hydrogen-bond acceptors (Lipinski definition) is 4. The molecule has 0 saturated carbocycles. The van der Waals surface area contributed by atoms with Gasteiger partial charge in [-0.15, -0.1) is 0 Å². The van der Waals surface area contributed by atoms with Gasteiger partial charge in [0.15, 0.2) is 0 Å². The smallest absolute Gasteiger partial charge is 0.243 e. The number of carbonyl (C=O) groups is 1. The predicted octanol–water partition coefficient (Wildman–Crippen LogP) is 3.28. The molecule has 0 aromatic heterocycles. The van der Waals surface area contributed by atoms with Crippen molar-refractivity contribution < 1.29 is 17.9 Å². The number of amides is 1. The van der Waals surface area contributed by atoms with Crippen LogP contribution in [0.25, 0.3) is 10.8 Å². The maximum absolute atomic E-state index is 13.1. The molecule has 1 fully saturated rings. The van der Waals surface area contributed by atoms with E-state index in [-0.39, 0.29) is 5.91 Å². The molecular weight excluding hydrogens is 412 g/mol. The summed E-state index contributed by atoms with van der Waals surface area (Å²) in [6, 6.07) is 22.7. The molecule has 0 unspecified atom stereocenters. The number of sulfonamides is 1. The Labute approximate surface area is 183 Å². The summed E-state index contributed by atoms with van der Waals surface area (Å²) in [6.07, 6.45) is 0.296. The van der Waals surface area contributed by atoms with E-state index in [1.54, 1.807) is 17.0 Å². The van der Waals surface area contributed by atoms with Crippen LogP contribution in [0.1, 0.15) is 12.0 Å². The van der Waals surface area contributed by atoms with Crippen molar-refractivity contribution in [3.63, 3.8) is 0 Å². The zero-order valence-electron chi connectivity index (χ0n) is 17.3. The number of benzene rings is 3. The number of fused-ring (bicyclic) bond motifs is 1. The van der Waals surface area contributed by atoms with Crippen LogP contribution in [0.15, 0.2) is 77.7 Å². The molecule has 1 amide bonds. The Balaban J connectivity index is 1.28. The SMILES string of the molecule is O=C(CCOCc1ccccc1)N1CCN(S(=O)(=O)c2ccc3ccccc3c2)CC1. The third-order valence-corrected chi connectivity index (χ3v) is 7.42. The van der Waals surface area contributed by atoms with Crippen LogP contribution in [-0.4, -0.2) is 56.3 Å². The Hall–Kier alpha value is -2.74. The fourth-order valence-electron chi connectivity index (χ4n) is 3.74. The summed E-state index contributed by atoms with van der Waals surface area (Å²) in [6.45, 7) is 2.21. The molecule has 162 valence electrons. The Morgan fingerprint density at radius 3 is 2.26 bits per heavy atom. The minimum atomic E-state index is -3.58. The molecule has 6 nitrogen and oxygen atoms in total. The number of ether oxygens (including phenoxy) is 1. The molecule has 1 aliphatic heterocycles. The third kappa shape index (κ3) is 5.12. The monoisotopic (exact) mass is 438 g/mol. The van der Waals surface area contributed by atoms with Gasteiger partial charge < -0.3 is 9.64 Å². The summed E-state index contributed by atoms with van der Waals surface area (Å²) < 4.78 is 33.2. The average Bonchev–Trinajstić information content (AvgIpc) is 2.82. The summed E-state index contributed by atoms with van der Waals surface area (Å²) in [5.74, 6) is -0.00388. The molecule has 4 rings (SSSR count). The standard InChI is InChI=1S/C24H26N2O4S/c27-24(12-17-30-19-20-6-2-1-3-7-20)25-13-15-26(16-14-25)31(28,29)23-11-10-21-8-4-5-9-22(21)18-23/h1-11,18H,12-17,19H2. The Kier molecular flexibility index (Phi) is 6.65. The van der Waals surface area contributed by atoms with E-state index in [4.69, 9.17) is 4.74 Å². The van der Waals surface area contributed by atoms with Crippen LogP contribution in [-0.2, 0) is 26.2 Å². The van der Waals surface area contributed by atoms with E-state index in [1.165, 1.54) is 4.31 Å². The van der Waals surface area contributed by atoms with Crippen LogP contribution in [0.5, 0.6) is 0 Å². The van der Waals surface area contributed by atoms with Crippen molar-refractivity contribution in [1.82, 2.24) is 9.21 Å². The first-order valence-corrected chi connectivity index (χ1v) is 11.9. The average molecular weight is 439 g/mol. The molecular formula is C24H26N2O4S. The topological polar surface area (TPSA) is 66.9 Å². The van der Waals surface area contributed by atoms with Gasteiger partial charge in [-0.2, -0.15) is 4.31 Å². The lowest BCUT2D eigenvalue weighted by atomic mass is 10.1. The predicted molar refractivity (Wildman–Crippen MR) is 120 cm³/mol. The van der Waals surface area contributed by atoms with Crippen LogP contribution < -0.4 is 0 Å². The third-order valence-electron chi connectivity index (χ3n) is 5.52. The van der Waals surface area contributed by atoms with Crippen LogP contribution in [0.3, 0.4) is 0 Å². The quantitative estimate of drug-likeness (QED) is 0.531. The zero-order chi connectivity index (χ0) is 21.7. The molecule has 1 saturated heterocycles. The number of carbonyl (C=O) groups excluding carboxylic acids is 1. The van der Waals surface area contributed by atoms with E-state index in [9.17, 15) is 13.2 Å². The normalized spacial score (nSPS) is 15.3. The minimum absolute atomic E-state index is 0.00388. The number of hydrogen-bond donors (Lipinski definition) is 0. The fraction of sp³-hybridized carbons (Fsp3) is 0.292. The van der Waals surface area contributed by atoms with E-state index < -0.39 is 10.0 Å². The first-order chi connectivity index (χ1) is 15.0. The fourth-order valence-corrected chi connectivity index (χ4v) is 5.19. The molecule has 3 aromatic carbocycles. The summed E-state index contributed by atoms with van der Waals surface area (Å²) >= 11 is 0. The van der Waals surface area contributed by atoms with Crippen molar-refractivity contribution in [1.29, 1.82) is 0 Å². The largest absolute Gasteiger partial charge is 0.376 e. The van der Waals surface area contributed by atoms with E-state index in [0.29, 0.717) is 50.7 Å². The van der Waals surface area contributed by atoms with Gasteiger partial charge in [0.25, 0.3) is 0 Å². The number of piperazine rings is 1. The second kappa shape index (κ2) is 9.60. The zero-order valence-corrected chi connectivity index (χ0v) is 18.1. The summed E-state index contributed by atoms with van der Waals surface area (Å²) in [5.41, 5.74) is 1.07. The van der Waals surface area contributed by atoms with E-state index >= 15 is 0 Å². The van der Waals surface area contributed by atoms with Gasteiger partial charge in [0.2, 0.25) is 15.9 Å². The van der Waals surface area contributed by atoms with Crippen LogP contribution in [0.2, 0.25) is 0 Å². The molecule has 3 aromatic rings. The van der Waals surface area contributed by atoms with Crippen molar-refractivity contribution >= 4 is 26.7 Å². The molecule has 0 atom stereocenters. The second-order valence-electron chi connectivity index (χ2n) is 7.58. The Bertz CT molecular complexity index is 1140. The molecule has 0 bridgehead atoms. The van der Waals surface area contributed by atoms with Gasteiger partial charge in [-0.05, 0) is 28.5 Å². The van der Waals surface area contributed by atoms with Crippen molar-refractivity contribution in [2.24, 2.45) is 0 Å². The molecule has 0 N–H and O–H groups in total. The van der Waals surface area contributed by atoms with Gasteiger partial charge in [0.1, 0.15) is 0 Å². The van der Waals surface area contributed by atoms with Crippen molar-refractivity contribution in [2.45, 2.75) is 17.9 Å². The van der Waals surface area contributed by atoms with Gasteiger partial charge in [0, 0.05) is 26.2 Å². The first kappa shape index (κ1) is 21.5. The molecule has 1 heterocycles. The molecule has 0 radical (unpaired) electrons. The van der Waals surface area contributed by atoms with Gasteiger partial charge in [-0.3, -0.25) is 4.79 Å². The Morgan fingerprint density at radius 1 is 0.839 bits per heavy atom. The first-order valence-electron chi connectivity index (χ1n) is 10.4. The van der Waals surface area contributed by atoms with E-state index in [0.717, 1.165) is 16.3 Å². The van der Waals surface area contributed by atoms with Gasteiger partial charge in [-0.25, -0.2) is 8.42 Å². The number of nitrogens with zero attached hydrogens (tertiary/aromatic N) is 2. The van der Waals surface area contributed by atoms with Crippen molar-refractivity contribution in [3.05, 3.63) is 78.4 Å². The molecule has 7 heteroatoms. The highest BCUT2D eigenvalue weighted by Gasteiger charge is 2.30. The number of rotatable bonds is 7. The van der Waals surface area contributed by atoms with Crippen molar-refractivity contribution in [3.8, 4) is 0 Å². The van der Waals surface area contributed by atoms with Crippen molar-refractivity contribution in [2.75, 3.05) is 32.8 Å². The molecule has 0 aliphatic carbocycles. The molecule has 0 spiro atoms. The van der Waals surface area contributed by atoms with E-state index in [1.807, 2.05) is 60.7 Å². The maximum Gasteiger partial charge on any atom is 0.243 e. The van der Waals surface area contributed by atoms with Crippen LogP contribution in [0.4, 0.5) is 0 Å². The lowest BCUT2D eigenvalue weighted by Gasteiger charge is -2.34. The Morgan fingerprint density at radius 2 is 1.52 bits per heavy atom. The summed E-state index contributed by atoms with van der Waals surface area (Å²) in [5, 5.41) is 1.90. The maximum atomic E-state index is 13.1. The van der Waals surface area contributed by atoms with Crippen LogP contribution >= 0.6 is 0 Å². The minimum Gasteiger partial charge on any atom is -0.376 e. The van der Waals surface area contributed by atoms with E-state index in [2.05, 4.69) is 0 Å². The highest BCUT2D eigenvalue weighted by Crippen LogP contribution is 2.23. The second-order valence-corrected chi connectivity index (χ2v) is 9.52. The molecule has 31 heavy (non-hydrogen) atoms. The lowest BCUT2D eigenvalue weighted by Crippen LogP contribution is -2.50. The van der Waals surface area contributed by atoms with Gasteiger partial charge >= 0.3 is 0 Å². The van der Waals surface area contributed by atoms with Crippen LogP contribution in [0, 0.1) is 0 Å². The summed E-state index contributed by atoms with van der Waals surface area (Å²) in [7, 11) is -3.58. The van der Waals surface area contributed by atoms with Gasteiger partial charge in [0.05, 0.1) is 24.5 Å². The lowest BCUT2D eigenvalue weighted by molar-refractivity contribution is -0.133.